The normalized spacial score (nSPS) is 16.8. The molecule has 6 nitrogen and oxygen atoms in total. The maximum atomic E-state index is 13.3. The number of nitrogens with zero attached hydrogens (tertiary/aromatic N) is 1. The van der Waals surface area contributed by atoms with Crippen LogP contribution in [-0.4, -0.2) is 16.8 Å². The first kappa shape index (κ1) is 24.1. The molecule has 1 N–H and O–H groups in total. The van der Waals surface area contributed by atoms with Gasteiger partial charge in [0.25, 0.3) is 11.7 Å². The number of carbonyl (C=O) groups is 2. The second-order valence-electron chi connectivity index (χ2n) is 8.96. The Labute approximate surface area is 215 Å². The number of hydrogen-bond acceptors (Lipinski definition) is 5. The van der Waals surface area contributed by atoms with E-state index in [-0.39, 0.29) is 11.3 Å². The fourth-order valence-electron chi connectivity index (χ4n) is 4.56. The lowest BCUT2D eigenvalue weighted by molar-refractivity contribution is -0.132. The lowest BCUT2D eigenvalue weighted by atomic mass is 9.98. The topological polar surface area (TPSA) is 80.0 Å². The second kappa shape index (κ2) is 10.2. The summed E-state index contributed by atoms with van der Waals surface area (Å²) >= 11 is 0. The number of ketones is 1. The molecule has 0 spiro atoms. The van der Waals surface area contributed by atoms with E-state index in [1.54, 1.807) is 30.3 Å². The molecule has 1 aliphatic heterocycles. The standard InChI is InChI=1S/C31H27NO5/c1-3-21-11-14-24(15-12-21)32-28(26-10-7-17-36-26)27(30(34)31(32)35)29(33)23-13-16-25(20(2)18-23)37-19-22-8-5-4-6-9-22/h4-18,28,33H,3,19H2,1-2H3/b29-27-. The molecule has 37 heavy (non-hydrogen) atoms. The molecule has 0 aliphatic carbocycles. The van der Waals surface area contributed by atoms with Gasteiger partial charge in [-0.05, 0) is 72.5 Å². The van der Waals surface area contributed by atoms with Crippen LogP contribution >= 0.6 is 0 Å². The largest absolute Gasteiger partial charge is 0.507 e. The molecule has 0 bridgehead atoms. The molecule has 186 valence electrons. The third kappa shape index (κ3) is 4.66. The van der Waals surface area contributed by atoms with Crippen LogP contribution in [0.1, 0.15) is 41.0 Å². The smallest absolute Gasteiger partial charge is 0.300 e. The van der Waals surface area contributed by atoms with Gasteiger partial charge in [0.1, 0.15) is 29.9 Å². The monoisotopic (exact) mass is 493 g/mol. The maximum absolute atomic E-state index is 13.3. The molecule has 3 aromatic carbocycles. The molecule has 1 aliphatic rings. The van der Waals surface area contributed by atoms with Crippen molar-refractivity contribution in [2.75, 3.05) is 4.90 Å². The number of anilines is 1. The average Bonchev–Trinajstić information content (AvgIpc) is 3.55. The van der Waals surface area contributed by atoms with Crippen LogP contribution in [0.15, 0.2) is 101 Å². The Morgan fingerprint density at radius 3 is 2.35 bits per heavy atom. The summed E-state index contributed by atoms with van der Waals surface area (Å²) in [5.74, 6) is -0.684. The molecular formula is C31H27NO5. The Kier molecular flexibility index (Phi) is 6.64. The van der Waals surface area contributed by atoms with E-state index >= 15 is 0 Å². The number of furan rings is 1. The Morgan fingerprint density at radius 2 is 1.70 bits per heavy atom. The van der Waals surface area contributed by atoms with Gasteiger partial charge in [0, 0.05) is 11.3 Å². The van der Waals surface area contributed by atoms with Crippen LogP contribution in [0.2, 0.25) is 0 Å². The van der Waals surface area contributed by atoms with Crippen molar-refractivity contribution in [1.29, 1.82) is 0 Å². The minimum atomic E-state index is -0.892. The summed E-state index contributed by atoms with van der Waals surface area (Å²) < 4.78 is 11.6. The highest BCUT2D eigenvalue weighted by atomic mass is 16.5. The van der Waals surface area contributed by atoms with Crippen LogP contribution in [0.25, 0.3) is 5.76 Å². The van der Waals surface area contributed by atoms with E-state index < -0.39 is 17.7 Å². The summed E-state index contributed by atoms with van der Waals surface area (Å²) in [6.45, 7) is 4.33. The van der Waals surface area contributed by atoms with E-state index in [2.05, 4.69) is 0 Å². The van der Waals surface area contributed by atoms with E-state index in [4.69, 9.17) is 9.15 Å². The summed E-state index contributed by atoms with van der Waals surface area (Å²) in [4.78, 5) is 27.9. The van der Waals surface area contributed by atoms with Crippen LogP contribution in [0.4, 0.5) is 5.69 Å². The van der Waals surface area contributed by atoms with Gasteiger partial charge >= 0.3 is 0 Å². The Balaban J connectivity index is 1.52. The van der Waals surface area contributed by atoms with E-state index in [0.717, 1.165) is 23.1 Å². The predicted octanol–water partition coefficient (Wildman–Crippen LogP) is 6.36. The number of rotatable bonds is 7. The third-order valence-electron chi connectivity index (χ3n) is 6.57. The molecule has 0 saturated carbocycles. The SMILES string of the molecule is CCc1ccc(N2C(=O)C(=O)/C(=C(\O)c3ccc(OCc4ccccc4)c(C)c3)C2c2ccco2)cc1. The molecule has 2 heterocycles. The molecule has 6 heteroatoms. The highest BCUT2D eigenvalue weighted by molar-refractivity contribution is 6.51. The first-order chi connectivity index (χ1) is 18.0. The average molecular weight is 494 g/mol. The molecule has 1 atom stereocenters. The van der Waals surface area contributed by atoms with Gasteiger partial charge in [-0.1, -0.05) is 49.4 Å². The maximum Gasteiger partial charge on any atom is 0.300 e. The highest BCUT2D eigenvalue weighted by Gasteiger charge is 2.48. The lowest BCUT2D eigenvalue weighted by Gasteiger charge is -2.23. The van der Waals surface area contributed by atoms with Crippen molar-refractivity contribution in [2.45, 2.75) is 32.9 Å². The van der Waals surface area contributed by atoms with Gasteiger partial charge in [0.15, 0.2) is 0 Å². The summed E-state index contributed by atoms with van der Waals surface area (Å²) in [7, 11) is 0. The number of aliphatic hydroxyl groups is 1. The number of ether oxygens (including phenoxy) is 1. The van der Waals surface area contributed by atoms with Crippen molar-refractivity contribution in [3.8, 4) is 5.75 Å². The number of Topliss-reactive ketones (excluding diaryl/α,β-unsaturated/α-hetero) is 1. The van der Waals surface area contributed by atoms with Crippen LogP contribution in [0, 0.1) is 6.92 Å². The number of aliphatic hydroxyl groups excluding tert-OH is 1. The first-order valence-corrected chi connectivity index (χ1v) is 12.2. The van der Waals surface area contributed by atoms with Crippen molar-refractivity contribution >= 4 is 23.1 Å². The van der Waals surface area contributed by atoms with E-state index in [1.807, 2.05) is 68.4 Å². The molecular weight excluding hydrogens is 466 g/mol. The Bertz CT molecular complexity index is 1450. The van der Waals surface area contributed by atoms with E-state index in [0.29, 0.717) is 29.4 Å². The van der Waals surface area contributed by atoms with Gasteiger partial charge in [-0.3, -0.25) is 14.5 Å². The molecule has 4 aromatic rings. The van der Waals surface area contributed by atoms with Crippen molar-refractivity contribution in [3.63, 3.8) is 0 Å². The van der Waals surface area contributed by atoms with Gasteiger partial charge in [-0.25, -0.2) is 0 Å². The van der Waals surface area contributed by atoms with Crippen LogP contribution in [-0.2, 0) is 22.6 Å². The fraction of sp³-hybridized carbons (Fsp3) is 0.161. The molecule has 1 saturated heterocycles. The Morgan fingerprint density at radius 1 is 0.946 bits per heavy atom. The predicted molar refractivity (Wildman–Crippen MR) is 141 cm³/mol. The van der Waals surface area contributed by atoms with Crippen molar-refractivity contribution in [1.82, 2.24) is 0 Å². The van der Waals surface area contributed by atoms with Gasteiger partial charge in [0.2, 0.25) is 0 Å². The first-order valence-electron chi connectivity index (χ1n) is 12.2. The Hall–Kier alpha value is -4.58. The minimum absolute atomic E-state index is 0.0168. The highest BCUT2D eigenvalue weighted by Crippen LogP contribution is 2.42. The number of aryl methyl sites for hydroxylation is 2. The summed E-state index contributed by atoms with van der Waals surface area (Å²) in [6.07, 6.45) is 2.34. The van der Waals surface area contributed by atoms with E-state index in [9.17, 15) is 14.7 Å². The molecule has 1 fully saturated rings. The van der Waals surface area contributed by atoms with Crippen molar-refractivity contribution < 1.29 is 23.8 Å². The molecule has 1 unspecified atom stereocenters. The molecule has 1 aromatic heterocycles. The summed E-state index contributed by atoms with van der Waals surface area (Å²) in [5, 5.41) is 11.3. The van der Waals surface area contributed by atoms with Crippen molar-refractivity contribution in [2.24, 2.45) is 0 Å². The van der Waals surface area contributed by atoms with Gasteiger partial charge in [-0.2, -0.15) is 0 Å². The minimum Gasteiger partial charge on any atom is -0.507 e. The zero-order chi connectivity index (χ0) is 25.9. The lowest BCUT2D eigenvalue weighted by Crippen LogP contribution is -2.29. The van der Waals surface area contributed by atoms with E-state index in [1.165, 1.54) is 11.2 Å². The molecule has 0 radical (unpaired) electrons. The van der Waals surface area contributed by atoms with Crippen LogP contribution < -0.4 is 9.64 Å². The van der Waals surface area contributed by atoms with Gasteiger partial charge < -0.3 is 14.3 Å². The van der Waals surface area contributed by atoms with Crippen LogP contribution in [0.3, 0.4) is 0 Å². The zero-order valence-electron chi connectivity index (χ0n) is 20.7. The van der Waals surface area contributed by atoms with Gasteiger partial charge in [-0.15, -0.1) is 0 Å². The molecule has 1 amide bonds. The summed E-state index contributed by atoms with van der Waals surface area (Å²) in [5.41, 5.74) is 3.90. The third-order valence-corrected chi connectivity index (χ3v) is 6.57. The molecule has 5 rings (SSSR count). The van der Waals surface area contributed by atoms with Crippen LogP contribution in [0.5, 0.6) is 5.75 Å². The quantitative estimate of drug-likeness (QED) is 0.184. The number of benzene rings is 3. The second-order valence-corrected chi connectivity index (χ2v) is 8.96. The zero-order valence-corrected chi connectivity index (χ0v) is 20.7. The van der Waals surface area contributed by atoms with Crippen molar-refractivity contribution in [3.05, 3.63) is 125 Å². The fourth-order valence-corrected chi connectivity index (χ4v) is 4.56. The number of amides is 1. The summed E-state index contributed by atoms with van der Waals surface area (Å²) in [6, 6.07) is 25.0. The number of carbonyl (C=O) groups excluding carboxylic acids is 2. The van der Waals surface area contributed by atoms with Gasteiger partial charge in [0.05, 0.1) is 11.8 Å². The number of hydrogen-bond donors (Lipinski definition) is 1.